The van der Waals surface area contributed by atoms with Crippen LogP contribution in [-0.4, -0.2) is 30.5 Å². The Balaban J connectivity index is 1.78. The maximum Gasteiger partial charge on any atom is 0.276 e. The maximum absolute atomic E-state index is 13.3. The molecule has 4 aromatic rings. The smallest absolute Gasteiger partial charge is 0.276 e. The number of sulfone groups is 1. The molecule has 0 aliphatic carbocycles. The number of carbonyl (C=O) groups excluding carboxylic acids is 1. The van der Waals surface area contributed by atoms with Crippen LogP contribution in [0.5, 0.6) is 0 Å². The van der Waals surface area contributed by atoms with Gasteiger partial charge in [0, 0.05) is 18.5 Å². The number of anilines is 2. The number of aromatic nitrogens is 2. The van der Waals surface area contributed by atoms with Crippen LogP contribution >= 0.6 is 0 Å². The molecule has 2 heterocycles. The van der Waals surface area contributed by atoms with Crippen LogP contribution in [0.3, 0.4) is 0 Å². The number of carbonyl (C=O) groups is 1. The van der Waals surface area contributed by atoms with Crippen LogP contribution in [0.2, 0.25) is 0 Å². The highest BCUT2D eigenvalue weighted by Crippen LogP contribution is 2.25. The number of rotatable bonds is 8. The van der Waals surface area contributed by atoms with E-state index in [-0.39, 0.29) is 5.69 Å². The molecule has 4 rings (SSSR count). The Morgan fingerprint density at radius 1 is 1.03 bits per heavy atom. The Labute approximate surface area is 198 Å². The molecular formula is C25H24N4O4S. The SMILES string of the molecule is Cc1cccc(NC(=O)c2nc(S(C)(=O)=O)ncc2N(Cc2ccccc2)Cc2ccco2)c1. The third-order valence-electron chi connectivity index (χ3n) is 5.05. The van der Waals surface area contributed by atoms with Gasteiger partial charge in [-0.15, -0.1) is 0 Å². The van der Waals surface area contributed by atoms with Crippen LogP contribution in [0.1, 0.15) is 27.4 Å². The molecule has 0 saturated heterocycles. The van der Waals surface area contributed by atoms with Crippen molar-refractivity contribution in [2.24, 2.45) is 0 Å². The number of amides is 1. The summed E-state index contributed by atoms with van der Waals surface area (Å²) < 4.78 is 29.8. The number of hydrogen-bond acceptors (Lipinski definition) is 7. The lowest BCUT2D eigenvalue weighted by Gasteiger charge is -2.25. The molecule has 1 N–H and O–H groups in total. The minimum Gasteiger partial charge on any atom is -0.467 e. The Morgan fingerprint density at radius 2 is 1.82 bits per heavy atom. The van der Waals surface area contributed by atoms with Crippen molar-refractivity contribution in [3.8, 4) is 0 Å². The molecule has 1 amide bonds. The van der Waals surface area contributed by atoms with Crippen molar-refractivity contribution in [1.82, 2.24) is 9.97 Å². The first-order valence-corrected chi connectivity index (χ1v) is 12.4. The van der Waals surface area contributed by atoms with Crippen molar-refractivity contribution in [3.63, 3.8) is 0 Å². The van der Waals surface area contributed by atoms with E-state index in [1.165, 1.54) is 6.20 Å². The summed E-state index contributed by atoms with van der Waals surface area (Å²) in [5.74, 6) is 0.138. The zero-order valence-corrected chi connectivity index (χ0v) is 19.6. The molecule has 0 fully saturated rings. The fraction of sp³-hybridized carbons (Fsp3) is 0.160. The predicted molar refractivity (Wildman–Crippen MR) is 129 cm³/mol. The second kappa shape index (κ2) is 9.88. The average molecular weight is 477 g/mol. The van der Waals surface area contributed by atoms with Crippen molar-refractivity contribution in [1.29, 1.82) is 0 Å². The summed E-state index contributed by atoms with van der Waals surface area (Å²) in [5, 5.41) is 2.41. The molecule has 0 saturated carbocycles. The minimum atomic E-state index is -3.73. The molecule has 0 radical (unpaired) electrons. The zero-order chi connectivity index (χ0) is 24.1. The molecule has 2 aromatic carbocycles. The highest BCUT2D eigenvalue weighted by atomic mass is 32.2. The van der Waals surface area contributed by atoms with Crippen LogP contribution in [0.4, 0.5) is 11.4 Å². The highest BCUT2D eigenvalue weighted by molar-refractivity contribution is 7.90. The lowest BCUT2D eigenvalue weighted by molar-refractivity contribution is 0.102. The third kappa shape index (κ3) is 5.68. The van der Waals surface area contributed by atoms with E-state index in [0.717, 1.165) is 17.4 Å². The Morgan fingerprint density at radius 3 is 2.50 bits per heavy atom. The summed E-state index contributed by atoms with van der Waals surface area (Å²) in [5.41, 5.74) is 2.89. The largest absolute Gasteiger partial charge is 0.467 e. The Kier molecular flexibility index (Phi) is 6.74. The second-order valence-corrected chi connectivity index (χ2v) is 9.81. The molecule has 0 aliphatic heterocycles. The second-order valence-electron chi connectivity index (χ2n) is 7.90. The number of aryl methyl sites for hydroxylation is 1. The van der Waals surface area contributed by atoms with Gasteiger partial charge >= 0.3 is 0 Å². The molecule has 2 aromatic heterocycles. The first-order chi connectivity index (χ1) is 16.3. The van der Waals surface area contributed by atoms with Crippen LogP contribution in [0, 0.1) is 6.92 Å². The molecule has 34 heavy (non-hydrogen) atoms. The van der Waals surface area contributed by atoms with E-state index in [4.69, 9.17) is 4.42 Å². The van der Waals surface area contributed by atoms with E-state index in [1.807, 2.05) is 66.4 Å². The van der Waals surface area contributed by atoms with E-state index in [0.29, 0.717) is 30.2 Å². The zero-order valence-electron chi connectivity index (χ0n) is 18.8. The fourth-order valence-corrected chi connectivity index (χ4v) is 3.97. The number of nitrogens with one attached hydrogen (secondary N) is 1. The van der Waals surface area contributed by atoms with Gasteiger partial charge in [0.05, 0.1) is 24.7 Å². The van der Waals surface area contributed by atoms with Crippen LogP contribution < -0.4 is 10.2 Å². The number of hydrogen-bond donors (Lipinski definition) is 1. The monoisotopic (exact) mass is 476 g/mol. The topological polar surface area (TPSA) is 105 Å². The normalized spacial score (nSPS) is 11.2. The molecule has 9 heteroatoms. The van der Waals surface area contributed by atoms with Crippen LogP contribution in [-0.2, 0) is 22.9 Å². The van der Waals surface area contributed by atoms with Gasteiger partial charge in [0.25, 0.3) is 5.91 Å². The minimum absolute atomic E-state index is 0.0422. The summed E-state index contributed by atoms with van der Waals surface area (Å²) in [6.45, 7) is 2.67. The van der Waals surface area contributed by atoms with Gasteiger partial charge in [-0.1, -0.05) is 42.5 Å². The average Bonchev–Trinajstić information content (AvgIpc) is 3.31. The van der Waals surface area contributed by atoms with Gasteiger partial charge in [0.2, 0.25) is 15.0 Å². The fourth-order valence-electron chi connectivity index (χ4n) is 3.47. The Hall–Kier alpha value is -3.98. The summed E-state index contributed by atoms with van der Waals surface area (Å²) in [6, 6.07) is 20.6. The summed E-state index contributed by atoms with van der Waals surface area (Å²) in [4.78, 5) is 23.4. The lowest BCUT2D eigenvalue weighted by Crippen LogP contribution is -2.27. The lowest BCUT2D eigenvalue weighted by atomic mass is 10.1. The summed E-state index contributed by atoms with van der Waals surface area (Å²) in [6.07, 6.45) is 3.96. The first-order valence-electron chi connectivity index (χ1n) is 10.6. The molecule has 8 nitrogen and oxygen atoms in total. The van der Waals surface area contributed by atoms with E-state index in [9.17, 15) is 13.2 Å². The molecule has 0 spiro atoms. The van der Waals surface area contributed by atoms with Gasteiger partial charge < -0.3 is 14.6 Å². The molecule has 174 valence electrons. The van der Waals surface area contributed by atoms with E-state index in [1.54, 1.807) is 18.4 Å². The first kappa shape index (κ1) is 23.2. The molecule has 0 bridgehead atoms. The van der Waals surface area contributed by atoms with Crippen molar-refractivity contribution < 1.29 is 17.6 Å². The molecule has 0 aliphatic rings. The van der Waals surface area contributed by atoms with Crippen molar-refractivity contribution in [3.05, 3.63) is 102 Å². The van der Waals surface area contributed by atoms with E-state index < -0.39 is 20.9 Å². The standard InChI is InChI=1S/C25H24N4O4S/c1-18-8-6-11-20(14-18)27-24(30)23-22(15-26-25(28-23)34(2,31)32)29(17-21-12-7-13-33-21)16-19-9-4-3-5-10-19/h3-15H,16-17H2,1-2H3,(H,27,30). The van der Waals surface area contributed by atoms with Crippen molar-refractivity contribution in [2.45, 2.75) is 25.2 Å². The number of furan rings is 1. The van der Waals surface area contributed by atoms with Gasteiger partial charge in [-0.05, 0) is 42.3 Å². The van der Waals surface area contributed by atoms with Gasteiger partial charge in [-0.2, -0.15) is 0 Å². The van der Waals surface area contributed by atoms with Gasteiger partial charge in [0.1, 0.15) is 5.76 Å². The molecule has 0 atom stereocenters. The summed E-state index contributed by atoms with van der Waals surface area (Å²) in [7, 11) is -3.73. The quantitative estimate of drug-likeness (QED) is 0.379. The maximum atomic E-state index is 13.3. The van der Waals surface area contributed by atoms with Crippen molar-refractivity contribution in [2.75, 3.05) is 16.5 Å². The van der Waals surface area contributed by atoms with E-state index >= 15 is 0 Å². The molecular weight excluding hydrogens is 452 g/mol. The number of benzene rings is 2. The number of nitrogens with zero attached hydrogens (tertiary/aromatic N) is 3. The van der Waals surface area contributed by atoms with Crippen molar-refractivity contribution >= 4 is 27.1 Å². The molecule has 0 unspecified atom stereocenters. The predicted octanol–water partition coefficient (Wildman–Crippen LogP) is 4.24. The highest BCUT2D eigenvalue weighted by Gasteiger charge is 2.24. The summed E-state index contributed by atoms with van der Waals surface area (Å²) >= 11 is 0. The van der Waals surface area contributed by atoms with Gasteiger partial charge in [0.15, 0.2) is 5.69 Å². The van der Waals surface area contributed by atoms with Crippen LogP contribution in [0.25, 0.3) is 0 Å². The van der Waals surface area contributed by atoms with E-state index in [2.05, 4.69) is 15.3 Å². The third-order valence-corrected chi connectivity index (χ3v) is 5.91. The van der Waals surface area contributed by atoms with Gasteiger partial charge in [-0.25, -0.2) is 18.4 Å². The van der Waals surface area contributed by atoms with Gasteiger partial charge in [-0.3, -0.25) is 4.79 Å². The Bertz CT molecular complexity index is 1390. The van der Waals surface area contributed by atoms with Crippen LogP contribution in [0.15, 0.2) is 88.8 Å².